The minimum atomic E-state index is 0.147. The highest BCUT2D eigenvalue weighted by molar-refractivity contribution is 5.78. The number of hydrogen-bond donors (Lipinski definition) is 0. The van der Waals surface area contributed by atoms with Gasteiger partial charge in [-0.1, -0.05) is 6.07 Å². The predicted octanol–water partition coefficient (Wildman–Crippen LogP) is 2.44. The van der Waals surface area contributed by atoms with Gasteiger partial charge in [0.2, 0.25) is 0 Å². The quantitative estimate of drug-likeness (QED) is 0.728. The normalized spacial score (nSPS) is 17.4. The molecule has 0 aliphatic heterocycles. The number of aliphatic imine (C=N–C) groups is 1. The van der Waals surface area contributed by atoms with Crippen molar-refractivity contribution in [2.24, 2.45) is 4.99 Å². The molecule has 3 heteroatoms. The van der Waals surface area contributed by atoms with E-state index >= 15 is 0 Å². The molecule has 0 atom stereocenters. The van der Waals surface area contributed by atoms with E-state index in [0.29, 0.717) is 0 Å². The summed E-state index contributed by atoms with van der Waals surface area (Å²) >= 11 is 0. The van der Waals surface area contributed by atoms with Crippen molar-refractivity contribution in [2.75, 3.05) is 21.3 Å². The molecule has 86 valence electrons. The molecule has 1 aromatic rings. The lowest BCUT2D eigenvalue weighted by atomic mass is 9.97. The average Bonchev–Trinajstić information content (AvgIpc) is 3.09. The molecule has 1 saturated carbocycles. The van der Waals surface area contributed by atoms with Crippen LogP contribution in [-0.2, 0) is 5.41 Å². The lowest BCUT2D eigenvalue weighted by Gasteiger charge is -2.13. The molecular weight excluding hydrogens is 202 g/mol. The largest absolute Gasteiger partial charge is 0.493 e. The van der Waals surface area contributed by atoms with Gasteiger partial charge in [-0.15, -0.1) is 0 Å². The third-order valence-corrected chi connectivity index (χ3v) is 3.12. The molecule has 0 aromatic heterocycles. The lowest BCUT2D eigenvalue weighted by molar-refractivity contribution is 0.354. The smallest absolute Gasteiger partial charge is 0.161 e. The van der Waals surface area contributed by atoms with Crippen molar-refractivity contribution in [1.82, 2.24) is 0 Å². The second kappa shape index (κ2) is 4.16. The van der Waals surface area contributed by atoms with E-state index < -0.39 is 0 Å². The van der Waals surface area contributed by atoms with Crippen LogP contribution >= 0.6 is 0 Å². The molecule has 16 heavy (non-hydrogen) atoms. The van der Waals surface area contributed by atoms with Crippen molar-refractivity contribution in [3.63, 3.8) is 0 Å². The van der Waals surface area contributed by atoms with E-state index in [-0.39, 0.29) is 5.41 Å². The van der Waals surface area contributed by atoms with Gasteiger partial charge in [0.25, 0.3) is 0 Å². The van der Waals surface area contributed by atoms with Crippen LogP contribution in [0.3, 0.4) is 0 Å². The minimum Gasteiger partial charge on any atom is -0.493 e. The molecule has 0 saturated heterocycles. The standard InChI is InChI=1S/C13H17NO2/c1-14-9-13(6-7-13)10-4-5-11(15-2)12(8-10)16-3/h4-5,8-9H,6-7H2,1-3H3/b14-9-. The fourth-order valence-electron chi connectivity index (χ4n) is 2.02. The van der Waals surface area contributed by atoms with E-state index in [9.17, 15) is 0 Å². The first-order valence-corrected chi connectivity index (χ1v) is 5.41. The highest BCUT2D eigenvalue weighted by Gasteiger charge is 2.43. The van der Waals surface area contributed by atoms with Crippen molar-refractivity contribution < 1.29 is 9.47 Å². The topological polar surface area (TPSA) is 30.8 Å². The van der Waals surface area contributed by atoms with Gasteiger partial charge < -0.3 is 9.47 Å². The first-order chi connectivity index (χ1) is 7.75. The second-order valence-corrected chi connectivity index (χ2v) is 4.11. The van der Waals surface area contributed by atoms with Gasteiger partial charge >= 0.3 is 0 Å². The van der Waals surface area contributed by atoms with Crippen molar-refractivity contribution in [3.05, 3.63) is 23.8 Å². The van der Waals surface area contributed by atoms with Crippen molar-refractivity contribution in [1.29, 1.82) is 0 Å². The van der Waals surface area contributed by atoms with Crippen molar-refractivity contribution in [2.45, 2.75) is 18.3 Å². The number of nitrogens with zero attached hydrogens (tertiary/aromatic N) is 1. The average molecular weight is 219 g/mol. The molecule has 1 fully saturated rings. The van der Waals surface area contributed by atoms with E-state index in [0.717, 1.165) is 11.5 Å². The maximum Gasteiger partial charge on any atom is 0.161 e. The molecule has 1 aliphatic rings. The highest BCUT2D eigenvalue weighted by atomic mass is 16.5. The Kier molecular flexibility index (Phi) is 2.86. The number of benzene rings is 1. The molecule has 1 aliphatic carbocycles. The molecule has 2 rings (SSSR count). The van der Waals surface area contributed by atoms with Crippen LogP contribution in [0.4, 0.5) is 0 Å². The van der Waals surface area contributed by atoms with Gasteiger partial charge in [-0.05, 0) is 30.5 Å². The van der Waals surface area contributed by atoms with E-state index in [1.807, 2.05) is 25.4 Å². The summed E-state index contributed by atoms with van der Waals surface area (Å²) in [4.78, 5) is 4.15. The molecule has 0 bridgehead atoms. The Balaban J connectivity index is 2.36. The summed E-state index contributed by atoms with van der Waals surface area (Å²) in [6.45, 7) is 0. The third kappa shape index (κ3) is 1.77. The molecule has 0 heterocycles. The molecule has 0 radical (unpaired) electrons. The zero-order valence-corrected chi connectivity index (χ0v) is 9.99. The van der Waals surface area contributed by atoms with E-state index in [2.05, 4.69) is 11.1 Å². The van der Waals surface area contributed by atoms with Crippen LogP contribution in [0.1, 0.15) is 18.4 Å². The summed E-state index contributed by atoms with van der Waals surface area (Å²) in [5.74, 6) is 1.56. The van der Waals surface area contributed by atoms with Crippen LogP contribution in [0.2, 0.25) is 0 Å². The number of ether oxygens (including phenoxy) is 2. The van der Waals surface area contributed by atoms with Crippen LogP contribution < -0.4 is 9.47 Å². The van der Waals surface area contributed by atoms with Crippen molar-refractivity contribution >= 4 is 6.21 Å². The Morgan fingerprint density at radius 1 is 1.19 bits per heavy atom. The van der Waals surface area contributed by atoms with Crippen molar-refractivity contribution in [3.8, 4) is 11.5 Å². The maximum absolute atomic E-state index is 5.31. The van der Waals surface area contributed by atoms with Gasteiger partial charge in [0, 0.05) is 18.7 Å². The van der Waals surface area contributed by atoms with Gasteiger partial charge in [0.05, 0.1) is 14.2 Å². The Morgan fingerprint density at radius 2 is 1.88 bits per heavy atom. The van der Waals surface area contributed by atoms with Crippen LogP contribution in [-0.4, -0.2) is 27.5 Å². The monoisotopic (exact) mass is 219 g/mol. The fourth-order valence-corrected chi connectivity index (χ4v) is 2.02. The van der Waals surface area contributed by atoms with E-state index in [1.54, 1.807) is 14.2 Å². The molecular formula is C13H17NO2. The number of hydrogen-bond acceptors (Lipinski definition) is 3. The SMILES string of the molecule is C/N=C\C1(c2ccc(OC)c(OC)c2)CC1. The summed E-state index contributed by atoms with van der Waals surface area (Å²) in [6, 6.07) is 6.10. The van der Waals surface area contributed by atoms with Crippen LogP contribution in [0.15, 0.2) is 23.2 Å². The van der Waals surface area contributed by atoms with Gasteiger partial charge in [0.15, 0.2) is 11.5 Å². The van der Waals surface area contributed by atoms with Crippen LogP contribution in [0, 0.1) is 0 Å². The first-order valence-electron chi connectivity index (χ1n) is 5.41. The third-order valence-electron chi connectivity index (χ3n) is 3.12. The van der Waals surface area contributed by atoms with E-state index in [4.69, 9.17) is 9.47 Å². The summed E-state index contributed by atoms with van der Waals surface area (Å²) in [5, 5.41) is 0. The Bertz CT molecular complexity index is 408. The second-order valence-electron chi connectivity index (χ2n) is 4.11. The Hall–Kier alpha value is -1.51. The molecule has 0 N–H and O–H groups in total. The maximum atomic E-state index is 5.31. The zero-order chi connectivity index (χ0) is 11.6. The first kappa shape index (κ1) is 11.0. The Labute approximate surface area is 96.1 Å². The van der Waals surface area contributed by atoms with Crippen LogP contribution in [0.25, 0.3) is 0 Å². The van der Waals surface area contributed by atoms with Gasteiger partial charge in [0.1, 0.15) is 0 Å². The highest BCUT2D eigenvalue weighted by Crippen LogP contribution is 2.48. The van der Waals surface area contributed by atoms with Crippen LogP contribution in [0.5, 0.6) is 11.5 Å². The Morgan fingerprint density at radius 3 is 2.38 bits per heavy atom. The zero-order valence-electron chi connectivity index (χ0n) is 9.99. The summed E-state index contributed by atoms with van der Waals surface area (Å²) in [6.07, 6.45) is 4.37. The molecule has 0 spiro atoms. The number of rotatable bonds is 4. The van der Waals surface area contributed by atoms with Gasteiger partial charge in [-0.25, -0.2) is 0 Å². The predicted molar refractivity (Wildman–Crippen MR) is 64.9 cm³/mol. The lowest BCUT2D eigenvalue weighted by Crippen LogP contribution is -2.08. The summed E-state index contributed by atoms with van der Waals surface area (Å²) in [7, 11) is 5.13. The van der Waals surface area contributed by atoms with E-state index in [1.165, 1.54) is 18.4 Å². The molecule has 3 nitrogen and oxygen atoms in total. The summed E-state index contributed by atoms with van der Waals surface area (Å²) in [5.41, 5.74) is 1.41. The number of methoxy groups -OCH3 is 2. The molecule has 1 aromatic carbocycles. The van der Waals surface area contributed by atoms with Gasteiger partial charge in [-0.3, -0.25) is 4.99 Å². The molecule has 0 unspecified atom stereocenters. The minimum absolute atomic E-state index is 0.147. The summed E-state index contributed by atoms with van der Waals surface area (Å²) < 4.78 is 10.5. The fraction of sp³-hybridized carbons (Fsp3) is 0.462. The van der Waals surface area contributed by atoms with Gasteiger partial charge in [-0.2, -0.15) is 0 Å². The molecule has 0 amide bonds.